The number of aryl methyl sites for hydroxylation is 1. The molecule has 1 amide bonds. The van der Waals surface area contributed by atoms with Crippen LogP contribution in [0.3, 0.4) is 0 Å². The van der Waals surface area contributed by atoms with Crippen LogP contribution in [-0.4, -0.2) is 31.1 Å². The number of halogens is 1. The number of aromatic nitrogens is 4. The van der Waals surface area contributed by atoms with Crippen LogP contribution in [0.1, 0.15) is 6.42 Å². The summed E-state index contributed by atoms with van der Waals surface area (Å²) in [6.07, 6.45) is 0.205. The summed E-state index contributed by atoms with van der Waals surface area (Å²) in [6, 6.07) is 1.92. The van der Waals surface area contributed by atoms with Gasteiger partial charge in [0.05, 0.1) is 12.5 Å². The van der Waals surface area contributed by atoms with E-state index >= 15 is 0 Å². The van der Waals surface area contributed by atoms with E-state index in [1.54, 1.807) is 0 Å². The topological polar surface area (TPSA) is 115 Å². The van der Waals surface area contributed by atoms with E-state index < -0.39 is 11.2 Å². The van der Waals surface area contributed by atoms with Gasteiger partial charge in [-0.1, -0.05) is 0 Å². The van der Waals surface area contributed by atoms with Crippen LogP contribution in [0.2, 0.25) is 0 Å². The number of carbonyl (C=O) groups is 1. The van der Waals surface area contributed by atoms with Gasteiger partial charge in [0.2, 0.25) is 5.91 Å². The van der Waals surface area contributed by atoms with Gasteiger partial charge in [-0.15, -0.1) is 0 Å². The summed E-state index contributed by atoms with van der Waals surface area (Å²) in [7, 11) is 2.87. The molecular weight excluding hydrogens is 356 g/mol. The summed E-state index contributed by atoms with van der Waals surface area (Å²) in [6.45, 7) is 0.114. The minimum Gasteiger partial charge on any atom is -0.354 e. The molecule has 2 aromatic heterocycles. The predicted molar refractivity (Wildman–Crippen MR) is 81.2 cm³/mol. The lowest BCUT2D eigenvalue weighted by Crippen LogP contribution is -2.38. The molecule has 0 aliphatic heterocycles. The number of carbonyl (C=O) groups excluding carboxylic acids is 1. The van der Waals surface area contributed by atoms with Crippen molar-refractivity contribution >= 4 is 33.0 Å². The quantitative estimate of drug-likeness (QED) is 0.561. The van der Waals surface area contributed by atoms with Crippen molar-refractivity contribution in [2.24, 2.45) is 14.1 Å². The van der Waals surface area contributed by atoms with E-state index in [4.69, 9.17) is 5.26 Å². The van der Waals surface area contributed by atoms with Crippen molar-refractivity contribution in [3.8, 4) is 6.07 Å². The molecule has 0 spiro atoms. The van der Waals surface area contributed by atoms with E-state index in [1.807, 2.05) is 6.07 Å². The normalized spacial score (nSPS) is 10.6. The molecule has 116 valence electrons. The summed E-state index contributed by atoms with van der Waals surface area (Å²) >= 11 is 3.19. The van der Waals surface area contributed by atoms with Crippen LogP contribution in [0.5, 0.6) is 0 Å². The standard InChI is InChI=1S/C12H13BrN6O3/c1-17-9-8(10(21)18(2)12(17)22)16-11(13)19(9)6-7(20)15-5-3-4-14/h3,5-6H2,1-2H3,(H,15,20). The van der Waals surface area contributed by atoms with Gasteiger partial charge in [-0.05, 0) is 15.9 Å². The number of amides is 1. The number of imidazole rings is 1. The smallest absolute Gasteiger partial charge is 0.332 e. The lowest BCUT2D eigenvalue weighted by Gasteiger charge is -2.09. The molecule has 0 saturated carbocycles. The van der Waals surface area contributed by atoms with Gasteiger partial charge in [0.25, 0.3) is 5.56 Å². The maximum Gasteiger partial charge on any atom is 0.332 e. The molecule has 2 rings (SSSR count). The molecule has 0 bridgehead atoms. The zero-order chi connectivity index (χ0) is 16.4. The number of nitriles is 1. The Labute approximate surface area is 132 Å². The number of nitrogens with zero attached hydrogens (tertiary/aromatic N) is 5. The number of fused-ring (bicyclic) bond motifs is 1. The first-order valence-corrected chi connectivity index (χ1v) is 7.13. The van der Waals surface area contributed by atoms with Crippen LogP contribution >= 0.6 is 15.9 Å². The summed E-state index contributed by atoms with van der Waals surface area (Å²) in [4.78, 5) is 40.0. The van der Waals surface area contributed by atoms with Crippen molar-refractivity contribution in [3.63, 3.8) is 0 Å². The first-order valence-electron chi connectivity index (χ1n) is 6.34. The van der Waals surface area contributed by atoms with Gasteiger partial charge in [-0.3, -0.25) is 23.3 Å². The molecule has 0 aliphatic rings. The van der Waals surface area contributed by atoms with Gasteiger partial charge in [0.15, 0.2) is 15.9 Å². The molecule has 2 heterocycles. The summed E-state index contributed by atoms with van der Waals surface area (Å²) < 4.78 is 3.92. The Morgan fingerprint density at radius 2 is 2.05 bits per heavy atom. The van der Waals surface area contributed by atoms with Crippen LogP contribution in [-0.2, 0) is 25.4 Å². The highest BCUT2D eigenvalue weighted by Gasteiger charge is 2.19. The third-order valence-corrected chi connectivity index (χ3v) is 3.76. The van der Waals surface area contributed by atoms with Gasteiger partial charge in [0, 0.05) is 20.6 Å². The first-order chi connectivity index (χ1) is 10.4. The molecule has 0 aromatic carbocycles. The second-order valence-electron chi connectivity index (χ2n) is 4.60. The number of nitrogens with one attached hydrogen (secondary N) is 1. The van der Waals surface area contributed by atoms with Gasteiger partial charge >= 0.3 is 5.69 Å². The van der Waals surface area contributed by atoms with Gasteiger partial charge in [0.1, 0.15) is 6.54 Å². The minimum absolute atomic E-state index is 0.0984. The maximum atomic E-state index is 12.1. The van der Waals surface area contributed by atoms with E-state index in [-0.39, 0.29) is 41.3 Å². The van der Waals surface area contributed by atoms with Crippen molar-refractivity contribution in [1.82, 2.24) is 24.0 Å². The van der Waals surface area contributed by atoms with E-state index in [2.05, 4.69) is 26.2 Å². The van der Waals surface area contributed by atoms with Crippen LogP contribution in [0, 0.1) is 11.3 Å². The molecule has 1 N–H and O–H groups in total. The van der Waals surface area contributed by atoms with Crippen molar-refractivity contribution in [2.45, 2.75) is 13.0 Å². The molecule has 9 nitrogen and oxygen atoms in total. The van der Waals surface area contributed by atoms with Crippen molar-refractivity contribution in [2.75, 3.05) is 6.54 Å². The third-order valence-electron chi connectivity index (χ3n) is 3.15. The van der Waals surface area contributed by atoms with E-state index in [9.17, 15) is 14.4 Å². The fourth-order valence-electron chi connectivity index (χ4n) is 2.06. The first kappa shape index (κ1) is 16.0. The van der Waals surface area contributed by atoms with Crippen LogP contribution in [0.15, 0.2) is 14.3 Å². The summed E-state index contributed by atoms with van der Waals surface area (Å²) in [5, 5.41) is 11.0. The molecule has 0 atom stereocenters. The summed E-state index contributed by atoms with van der Waals surface area (Å²) in [5.74, 6) is -0.344. The Balaban J connectivity index is 2.50. The van der Waals surface area contributed by atoms with Gasteiger partial charge in [-0.2, -0.15) is 5.26 Å². The average molecular weight is 369 g/mol. The van der Waals surface area contributed by atoms with Gasteiger partial charge < -0.3 is 5.32 Å². The highest BCUT2D eigenvalue weighted by Crippen LogP contribution is 2.16. The molecule has 0 unspecified atom stereocenters. The SMILES string of the molecule is Cn1c(=O)c2nc(Br)n(CC(=O)NCCC#N)c2n(C)c1=O. The molecule has 2 aromatic rings. The van der Waals surface area contributed by atoms with E-state index in [1.165, 1.54) is 23.2 Å². The van der Waals surface area contributed by atoms with Crippen LogP contribution < -0.4 is 16.6 Å². The second kappa shape index (κ2) is 6.15. The average Bonchev–Trinajstić information content (AvgIpc) is 2.80. The van der Waals surface area contributed by atoms with Crippen molar-refractivity contribution in [1.29, 1.82) is 5.26 Å². The largest absolute Gasteiger partial charge is 0.354 e. The Kier molecular flexibility index (Phi) is 4.46. The number of hydrogen-bond acceptors (Lipinski definition) is 5. The van der Waals surface area contributed by atoms with Crippen LogP contribution in [0.4, 0.5) is 0 Å². The molecule has 0 radical (unpaired) electrons. The fraction of sp³-hybridized carbons (Fsp3) is 0.417. The molecule has 10 heteroatoms. The Morgan fingerprint density at radius 3 is 2.68 bits per heavy atom. The Hall–Kier alpha value is -2.41. The monoisotopic (exact) mass is 368 g/mol. The van der Waals surface area contributed by atoms with Crippen LogP contribution in [0.25, 0.3) is 11.2 Å². The fourth-order valence-corrected chi connectivity index (χ4v) is 2.53. The van der Waals surface area contributed by atoms with Crippen molar-refractivity contribution < 1.29 is 4.79 Å². The molecule has 0 saturated heterocycles. The minimum atomic E-state index is -0.526. The highest BCUT2D eigenvalue weighted by atomic mass is 79.9. The lowest BCUT2D eigenvalue weighted by molar-refractivity contribution is -0.121. The van der Waals surface area contributed by atoms with E-state index in [0.29, 0.717) is 0 Å². The zero-order valence-electron chi connectivity index (χ0n) is 12.0. The Morgan fingerprint density at radius 1 is 1.36 bits per heavy atom. The lowest BCUT2D eigenvalue weighted by atomic mass is 10.4. The maximum absolute atomic E-state index is 12.1. The molecule has 0 fully saturated rings. The van der Waals surface area contributed by atoms with E-state index in [0.717, 1.165) is 4.57 Å². The third kappa shape index (κ3) is 2.67. The molecule has 0 aliphatic carbocycles. The van der Waals surface area contributed by atoms with Gasteiger partial charge in [-0.25, -0.2) is 9.78 Å². The highest BCUT2D eigenvalue weighted by molar-refractivity contribution is 9.10. The predicted octanol–water partition coefficient (Wildman–Crippen LogP) is -0.774. The second-order valence-corrected chi connectivity index (χ2v) is 5.31. The Bertz CT molecular complexity index is 901. The summed E-state index contributed by atoms with van der Waals surface area (Å²) in [5.41, 5.74) is -0.671. The molecule has 22 heavy (non-hydrogen) atoms. The number of rotatable bonds is 4. The van der Waals surface area contributed by atoms with Crippen molar-refractivity contribution in [3.05, 3.63) is 25.6 Å². The number of hydrogen-bond donors (Lipinski definition) is 1. The zero-order valence-corrected chi connectivity index (χ0v) is 13.5. The molecular formula is C12H13BrN6O3.